The van der Waals surface area contributed by atoms with Gasteiger partial charge in [0, 0.05) is 13.0 Å². The quantitative estimate of drug-likeness (QED) is 0.383. The topological polar surface area (TPSA) is 95.9 Å². The SMILES string of the molecule is O=C(C[C@H]1C/C=C\CC[C@@H](Cc2ccc(F)cc2)C(=O)OC[C@H]2CCCN2C1=O)N[C@@H](CO)Cc1ccccc1. The second-order valence-electron chi connectivity index (χ2n) is 10.8. The number of halogens is 1. The van der Waals surface area contributed by atoms with Gasteiger partial charge in [-0.3, -0.25) is 14.4 Å². The fraction of sp³-hybridized carbons (Fsp3) is 0.469. The van der Waals surface area contributed by atoms with Gasteiger partial charge >= 0.3 is 5.97 Å². The summed E-state index contributed by atoms with van der Waals surface area (Å²) in [6.07, 6.45) is 7.99. The van der Waals surface area contributed by atoms with Crippen molar-refractivity contribution in [1.82, 2.24) is 10.2 Å². The first kappa shape index (κ1) is 29.5. The molecule has 4 rings (SSSR count). The van der Waals surface area contributed by atoms with Crippen molar-refractivity contribution in [2.45, 2.75) is 63.5 Å². The van der Waals surface area contributed by atoms with E-state index in [0.717, 1.165) is 24.0 Å². The highest BCUT2D eigenvalue weighted by molar-refractivity contribution is 5.86. The van der Waals surface area contributed by atoms with Gasteiger partial charge in [0.2, 0.25) is 11.8 Å². The van der Waals surface area contributed by atoms with E-state index in [-0.39, 0.29) is 55.2 Å². The molecule has 0 spiro atoms. The highest BCUT2D eigenvalue weighted by Gasteiger charge is 2.35. The van der Waals surface area contributed by atoms with Crippen molar-refractivity contribution in [2.24, 2.45) is 11.8 Å². The maximum absolute atomic E-state index is 13.6. The highest BCUT2D eigenvalue weighted by atomic mass is 19.1. The lowest BCUT2D eigenvalue weighted by Gasteiger charge is -2.29. The summed E-state index contributed by atoms with van der Waals surface area (Å²) in [5, 5.41) is 12.7. The molecule has 4 atom stereocenters. The maximum atomic E-state index is 13.6. The second-order valence-corrected chi connectivity index (χ2v) is 10.8. The van der Waals surface area contributed by atoms with Crippen molar-refractivity contribution < 1.29 is 28.6 Å². The first-order valence-corrected chi connectivity index (χ1v) is 14.2. The molecule has 2 N–H and O–H groups in total. The van der Waals surface area contributed by atoms with Crippen LogP contribution >= 0.6 is 0 Å². The standard InChI is InChI=1S/C32H39FN2O5/c33-27-15-13-24(14-16-27)18-26-11-6-2-5-10-25(31(38)35-17-7-12-29(35)22-40-32(26)39)20-30(37)34-28(21-36)19-23-8-3-1-4-9-23/h1-5,8-9,13-16,25-26,28-29,36H,6-7,10-12,17-22H2,(H,34,37)/b5-2-/t25-,26+,28-,29-/m1/s1. The van der Waals surface area contributed by atoms with E-state index >= 15 is 0 Å². The van der Waals surface area contributed by atoms with Crippen molar-refractivity contribution in [3.63, 3.8) is 0 Å². The van der Waals surface area contributed by atoms with Crippen LogP contribution in [0.5, 0.6) is 0 Å². The summed E-state index contributed by atoms with van der Waals surface area (Å²) < 4.78 is 19.1. The first-order chi connectivity index (χ1) is 19.4. The third-order valence-corrected chi connectivity index (χ3v) is 7.77. The number of hydrogen-bond acceptors (Lipinski definition) is 5. The third kappa shape index (κ3) is 8.49. The number of amides is 2. The van der Waals surface area contributed by atoms with E-state index in [2.05, 4.69) is 5.32 Å². The van der Waals surface area contributed by atoms with E-state index in [1.165, 1.54) is 12.1 Å². The zero-order valence-corrected chi connectivity index (χ0v) is 22.8. The van der Waals surface area contributed by atoms with Crippen LogP contribution < -0.4 is 5.32 Å². The van der Waals surface area contributed by atoms with E-state index in [1.54, 1.807) is 17.0 Å². The number of rotatable bonds is 8. The second kappa shape index (κ2) is 14.7. The summed E-state index contributed by atoms with van der Waals surface area (Å²) in [4.78, 5) is 41.4. The summed E-state index contributed by atoms with van der Waals surface area (Å²) in [6.45, 7) is 0.494. The van der Waals surface area contributed by atoms with E-state index in [4.69, 9.17) is 4.74 Å². The Morgan fingerprint density at radius 3 is 2.55 bits per heavy atom. The number of benzene rings is 2. The number of aliphatic hydroxyl groups is 1. The Balaban J connectivity index is 1.42. The molecule has 214 valence electrons. The molecule has 7 nitrogen and oxygen atoms in total. The number of fused-ring (bicyclic) bond motifs is 1. The number of allylic oxidation sites excluding steroid dienone is 2. The number of hydrogen-bond donors (Lipinski definition) is 2. The van der Waals surface area contributed by atoms with Crippen molar-refractivity contribution in [2.75, 3.05) is 19.8 Å². The molecule has 8 heteroatoms. The van der Waals surface area contributed by atoms with Gasteiger partial charge in [-0.15, -0.1) is 0 Å². The molecular weight excluding hydrogens is 511 g/mol. The molecule has 40 heavy (non-hydrogen) atoms. The number of carbonyl (C=O) groups is 3. The van der Waals surface area contributed by atoms with Gasteiger partial charge in [-0.1, -0.05) is 54.6 Å². The largest absolute Gasteiger partial charge is 0.463 e. The Hall–Kier alpha value is -3.52. The van der Waals surface area contributed by atoms with Gasteiger partial charge in [0.15, 0.2) is 0 Å². The molecule has 2 heterocycles. The molecule has 1 fully saturated rings. The summed E-state index contributed by atoms with van der Waals surface area (Å²) in [6, 6.07) is 15.1. The third-order valence-electron chi connectivity index (χ3n) is 7.77. The number of cyclic esters (lactones) is 1. The molecule has 0 aliphatic carbocycles. The van der Waals surface area contributed by atoms with Crippen molar-refractivity contribution in [3.8, 4) is 0 Å². The van der Waals surface area contributed by atoms with Crippen molar-refractivity contribution >= 4 is 17.8 Å². The number of carbonyl (C=O) groups excluding carboxylic acids is 3. The van der Waals surface area contributed by atoms with Gasteiger partial charge in [0.25, 0.3) is 0 Å². The van der Waals surface area contributed by atoms with Crippen LogP contribution in [0.3, 0.4) is 0 Å². The molecule has 1 saturated heterocycles. The van der Waals surface area contributed by atoms with Gasteiger partial charge in [-0.2, -0.15) is 0 Å². The van der Waals surface area contributed by atoms with Gasteiger partial charge in [0.1, 0.15) is 12.4 Å². The molecule has 0 radical (unpaired) electrons. The van der Waals surface area contributed by atoms with Crippen LogP contribution in [-0.4, -0.2) is 59.6 Å². The summed E-state index contributed by atoms with van der Waals surface area (Å²) >= 11 is 0. The van der Waals surface area contributed by atoms with E-state index in [0.29, 0.717) is 38.6 Å². The highest BCUT2D eigenvalue weighted by Crippen LogP contribution is 2.25. The van der Waals surface area contributed by atoms with Crippen LogP contribution in [0.2, 0.25) is 0 Å². The van der Waals surface area contributed by atoms with Crippen LogP contribution in [0.25, 0.3) is 0 Å². The van der Waals surface area contributed by atoms with Crippen molar-refractivity contribution in [3.05, 3.63) is 83.7 Å². The zero-order chi connectivity index (χ0) is 28.3. The number of nitrogens with one attached hydrogen (secondary N) is 1. The molecule has 2 aromatic carbocycles. The zero-order valence-electron chi connectivity index (χ0n) is 22.8. The number of ether oxygens (including phenoxy) is 1. The lowest BCUT2D eigenvalue weighted by Crippen LogP contribution is -2.45. The maximum Gasteiger partial charge on any atom is 0.309 e. The minimum absolute atomic E-state index is 0.0185. The Morgan fingerprint density at radius 2 is 1.80 bits per heavy atom. The monoisotopic (exact) mass is 550 g/mol. The van der Waals surface area contributed by atoms with Crippen LogP contribution in [0.4, 0.5) is 4.39 Å². The predicted octanol–water partition coefficient (Wildman–Crippen LogP) is 3.98. The Labute approximate surface area is 235 Å². The normalized spacial score (nSPS) is 23.6. The lowest BCUT2D eigenvalue weighted by atomic mass is 9.94. The van der Waals surface area contributed by atoms with Gasteiger partial charge in [-0.05, 0) is 68.2 Å². The predicted molar refractivity (Wildman–Crippen MR) is 150 cm³/mol. The van der Waals surface area contributed by atoms with Crippen molar-refractivity contribution in [1.29, 1.82) is 0 Å². The fourth-order valence-electron chi connectivity index (χ4n) is 5.56. The van der Waals surface area contributed by atoms with Gasteiger partial charge in [-0.25, -0.2) is 4.39 Å². The molecule has 2 aromatic rings. The molecular formula is C32H39FN2O5. The van der Waals surface area contributed by atoms with Crippen LogP contribution in [0.15, 0.2) is 66.7 Å². The number of aliphatic hydroxyl groups excluding tert-OH is 1. The summed E-state index contributed by atoms with van der Waals surface area (Å²) in [5.41, 5.74) is 1.88. The van der Waals surface area contributed by atoms with Crippen LogP contribution in [0, 0.1) is 17.7 Å². The van der Waals surface area contributed by atoms with E-state index in [1.807, 2.05) is 42.5 Å². The number of esters is 1. The molecule has 2 aliphatic heterocycles. The Kier molecular flexibility index (Phi) is 10.9. The van der Waals surface area contributed by atoms with Gasteiger partial charge in [0.05, 0.1) is 30.5 Å². The minimum Gasteiger partial charge on any atom is -0.463 e. The minimum atomic E-state index is -0.542. The average Bonchev–Trinajstić information content (AvgIpc) is 3.43. The molecule has 2 aliphatic rings. The smallest absolute Gasteiger partial charge is 0.309 e. The lowest BCUT2D eigenvalue weighted by molar-refractivity contribution is -0.152. The van der Waals surface area contributed by atoms with Gasteiger partial charge < -0.3 is 20.1 Å². The molecule has 0 unspecified atom stereocenters. The Bertz CT molecular complexity index is 1150. The Morgan fingerprint density at radius 1 is 1.02 bits per heavy atom. The van der Waals surface area contributed by atoms with E-state index in [9.17, 15) is 23.9 Å². The molecule has 2 amide bonds. The first-order valence-electron chi connectivity index (χ1n) is 14.2. The average molecular weight is 551 g/mol. The summed E-state index contributed by atoms with van der Waals surface area (Å²) in [7, 11) is 0. The summed E-state index contributed by atoms with van der Waals surface area (Å²) in [5.74, 6) is -1.92. The molecule has 0 aromatic heterocycles. The van der Waals surface area contributed by atoms with Crippen LogP contribution in [-0.2, 0) is 32.0 Å². The molecule has 0 saturated carbocycles. The van der Waals surface area contributed by atoms with E-state index < -0.39 is 12.0 Å². The molecule has 0 bridgehead atoms. The number of nitrogens with zero attached hydrogens (tertiary/aromatic N) is 1. The fourth-order valence-corrected chi connectivity index (χ4v) is 5.56. The van der Waals surface area contributed by atoms with Crippen LogP contribution in [0.1, 0.15) is 49.7 Å².